The van der Waals surface area contributed by atoms with Gasteiger partial charge in [-0.3, -0.25) is 14.4 Å². The number of rotatable bonds is 25. The molecule has 0 rings (SSSR count). The highest BCUT2D eigenvalue weighted by Gasteiger charge is 2.11. The van der Waals surface area contributed by atoms with Crippen molar-refractivity contribution in [3.8, 4) is 0 Å². The van der Waals surface area contributed by atoms with Gasteiger partial charge in [0.2, 0.25) is 5.78 Å². The van der Waals surface area contributed by atoms with Gasteiger partial charge < -0.3 is 24.6 Å². The Labute approximate surface area is 205 Å². The number of allylic oxidation sites excluding steroid dienone is 2. The number of unbranched alkanes of at least 4 members (excludes halogenated alkanes) is 8. The van der Waals surface area contributed by atoms with Crippen LogP contribution in [0, 0.1) is 0 Å². The molecule has 0 bridgehead atoms. The molecule has 0 spiro atoms. The van der Waals surface area contributed by atoms with Crippen LogP contribution in [0.2, 0.25) is 0 Å². The Kier molecular flexibility index (Phi) is 24.5. The van der Waals surface area contributed by atoms with E-state index in [4.69, 9.17) is 19.3 Å². The zero-order valence-electron chi connectivity index (χ0n) is 21.2. The molecule has 0 atom stereocenters. The standard InChI is InChI=1S/C26H47NO7/c1-2-3-12-15-24(29)26(31)27-17-14-11-9-7-5-4-6-8-10-13-16-25(30)34-23-22-33-21-20-32-19-18-28/h5,7,28H,2-4,6,8-23H2,1H3,(H,27,31)/b7-5-. The van der Waals surface area contributed by atoms with Crippen molar-refractivity contribution < 1.29 is 33.7 Å². The van der Waals surface area contributed by atoms with E-state index in [9.17, 15) is 14.4 Å². The Morgan fingerprint density at radius 2 is 1.35 bits per heavy atom. The van der Waals surface area contributed by atoms with Crippen molar-refractivity contribution in [2.75, 3.05) is 46.2 Å². The SMILES string of the molecule is CCCCCC(=O)C(=O)NCCCC/C=C\CCCCCCC(=O)OCCOCCOCCO. The second kappa shape index (κ2) is 25.8. The maximum absolute atomic E-state index is 11.6. The number of ether oxygens (including phenoxy) is 3. The van der Waals surface area contributed by atoms with Gasteiger partial charge in [-0.15, -0.1) is 0 Å². The topological polar surface area (TPSA) is 111 Å². The summed E-state index contributed by atoms with van der Waals surface area (Å²) in [6.45, 7) is 4.40. The Hall–Kier alpha value is -1.77. The molecule has 34 heavy (non-hydrogen) atoms. The minimum atomic E-state index is -0.439. The van der Waals surface area contributed by atoms with Gasteiger partial charge in [0.1, 0.15) is 6.61 Å². The number of carbonyl (C=O) groups is 3. The normalized spacial score (nSPS) is 11.1. The molecule has 0 aliphatic heterocycles. The van der Waals surface area contributed by atoms with Gasteiger partial charge in [0.15, 0.2) is 0 Å². The van der Waals surface area contributed by atoms with Gasteiger partial charge in [0, 0.05) is 19.4 Å². The zero-order valence-corrected chi connectivity index (χ0v) is 21.2. The van der Waals surface area contributed by atoms with Crippen LogP contribution in [0.5, 0.6) is 0 Å². The third-order valence-electron chi connectivity index (χ3n) is 5.11. The number of carbonyl (C=O) groups excluding carboxylic acids is 3. The number of nitrogens with one attached hydrogen (secondary N) is 1. The van der Waals surface area contributed by atoms with Crippen molar-refractivity contribution in [2.45, 2.75) is 90.4 Å². The van der Waals surface area contributed by atoms with Crippen LogP contribution in [0.25, 0.3) is 0 Å². The summed E-state index contributed by atoms with van der Waals surface area (Å²) in [7, 11) is 0. The van der Waals surface area contributed by atoms with Crippen LogP contribution in [0.15, 0.2) is 12.2 Å². The number of Topliss-reactive ketones (excluding diaryl/α,β-unsaturated/α-hetero) is 1. The van der Waals surface area contributed by atoms with Crippen LogP contribution < -0.4 is 5.32 Å². The van der Waals surface area contributed by atoms with E-state index in [2.05, 4.69) is 24.4 Å². The van der Waals surface area contributed by atoms with E-state index >= 15 is 0 Å². The lowest BCUT2D eigenvalue weighted by Crippen LogP contribution is -2.31. The maximum atomic E-state index is 11.6. The van der Waals surface area contributed by atoms with E-state index in [-0.39, 0.29) is 25.0 Å². The van der Waals surface area contributed by atoms with Crippen molar-refractivity contribution in [1.29, 1.82) is 0 Å². The molecule has 198 valence electrons. The minimum Gasteiger partial charge on any atom is -0.463 e. The van der Waals surface area contributed by atoms with E-state index in [0.29, 0.717) is 45.8 Å². The van der Waals surface area contributed by atoms with Crippen LogP contribution >= 0.6 is 0 Å². The molecule has 0 radical (unpaired) electrons. The highest BCUT2D eigenvalue weighted by atomic mass is 16.6. The molecule has 0 saturated heterocycles. The van der Waals surface area contributed by atoms with Crippen LogP contribution in [0.3, 0.4) is 0 Å². The fraction of sp³-hybridized carbons (Fsp3) is 0.808. The summed E-state index contributed by atoms with van der Waals surface area (Å²) in [5.41, 5.74) is 0. The first-order valence-corrected chi connectivity index (χ1v) is 13.0. The lowest BCUT2D eigenvalue weighted by atomic mass is 10.1. The largest absolute Gasteiger partial charge is 0.463 e. The monoisotopic (exact) mass is 485 g/mol. The summed E-state index contributed by atoms with van der Waals surface area (Å²) in [6.07, 6.45) is 15.9. The van der Waals surface area contributed by atoms with Gasteiger partial charge in [-0.2, -0.15) is 0 Å². The molecular formula is C26H47NO7. The van der Waals surface area contributed by atoms with Crippen LogP contribution in [0.4, 0.5) is 0 Å². The number of amides is 1. The molecule has 0 aliphatic carbocycles. The maximum Gasteiger partial charge on any atom is 0.305 e. The van der Waals surface area contributed by atoms with Crippen LogP contribution in [-0.4, -0.2) is 69.0 Å². The molecule has 0 unspecified atom stereocenters. The van der Waals surface area contributed by atoms with Gasteiger partial charge in [0.05, 0.1) is 33.0 Å². The first-order valence-electron chi connectivity index (χ1n) is 13.0. The lowest BCUT2D eigenvalue weighted by Gasteiger charge is -2.06. The fourth-order valence-electron chi connectivity index (χ4n) is 3.13. The average Bonchev–Trinajstić information content (AvgIpc) is 2.83. The van der Waals surface area contributed by atoms with E-state index in [1.54, 1.807) is 0 Å². The van der Waals surface area contributed by atoms with Gasteiger partial charge in [0.25, 0.3) is 5.91 Å². The Bertz CT molecular complexity index is 537. The van der Waals surface area contributed by atoms with Crippen molar-refractivity contribution in [3.63, 3.8) is 0 Å². The molecule has 0 aliphatic rings. The van der Waals surface area contributed by atoms with Crippen LogP contribution in [0.1, 0.15) is 90.4 Å². The molecule has 8 nitrogen and oxygen atoms in total. The Morgan fingerprint density at radius 1 is 0.735 bits per heavy atom. The lowest BCUT2D eigenvalue weighted by molar-refractivity contribution is -0.145. The summed E-state index contributed by atoms with van der Waals surface area (Å²) in [6, 6.07) is 0. The number of ketones is 1. The second-order valence-electron chi connectivity index (χ2n) is 8.23. The fourth-order valence-corrected chi connectivity index (χ4v) is 3.13. The number of hydrogen-bond donors (Lipinski definition) is 2. The number of esters is 1. The molecule has 0 heterocycles. The molecule has 2 N–H and O–H groups in total. The quantitative estimate of drug-likeness (QED) is 0.0873. The van der Waals surface area contributed by atoms with Gasteiger partial charge >= 0.3 is 5.97 Å². The van der Waals surface area contributed by atoms with Gasteiger partial charge in [-0.1, -0.05) is 44.8 Å². The van der Waals surface area contributed by atoms with Crippen molar-refractivity contribution >= 4 is 17.7 Å². The average molecular weight is 486 g/mol. The minimum absolute atomic E-state index is 0.00220. The summed E-state index contributed by atoms with van der Waals surface area (Å²) in [5, 5.41) is 11.3. The Balaban J connectivity index is 3.37. The van der Waals surface area contributed by atoms with Gasteiger partial charge in [-0.25, -0.2) is 0 Å². The van der Waals surface area contributed by atoms with Crippen molar-refractivity contribution in [2.24, 2.45) is 0 Å². The molecular weight excluding hydrogens is 438 g/mol. The number of hydrogen-bond acceptors (Lipinski definition) is 7. The highest BCUT2D eigenvalue weighted by molar-refractivity contribution is 6.36. The van der Waals surface area contributed by atoms with Crippen molar-refractivity contribution in [1.82, 2.24) is 5.32 Å². The molecule has 8 heteroatoms. The third-order valence-corrected chi connectivity index (χ3v) is 5.11. The van der Waals surface area contributed by atoms with Crippen LogP contribution in [-0.2, 0) is 28.6 Å². The number of aliphatic hydroxyl groups excluding tert-OH is 1. The first kappa shape index (κ1) is 32.2. The molecule has 0 aromatic rings. The first-order chi connectivity index (χ1) is 16.6. The molecule has 0 saturated carbocycles. The molecule has 0 aromatic carbocycles. The second-order valence-corrected chi connectivity index (χ2v) is 8.23. The molecule has 0 aromatic heterocycles. The summed E-state index contributed by atoms with van der Waals surface area (Å²) >= 11 is 0. The summed E-state index contributed by atoms with van der Waals surface area (Å²) in [5.74, 6) is -0.921. The molecule has 1 amide bonds. The predicted molar refractivity (Wildman–Crippen MR) is 133 cm³/mol. The smallest absolute Gasteiger partial charge is 0.305 e. The summed E-state index contributed by atoms with van der Waals surface area (Å²) in [4.78, 5) is 34.9. The molecule has 0 fully saturated rings. The van der Waals surface area contributed by atoms with Crippen molar-refractivity contribution in [3.05, 3.63) is 12.2 Å². The highest BCUT2D eigenvalue weighted by Crippen LogP contribution is 2.07. The van der Waals surface area contributed by atoms with E-state index in [0.717, 1.165) is 70.6 Å². The summed E-state index contributed by atoms with van der Waals surface area (Å²) < 4.78 is 15.4. The third kappa shape index (κ3) is 23.4. The van der Waals surface area contributed by atoms with Gasteiger partial charge in [-0.05, 0) is 44.9 Å². The zero-order chi connectivity index (χ0) is 25.1. The van der Waals surface area contributed by atoms with E-state index in [1.165, 1.54) is 0 Å². The Morgan fingerprint density at radius 3 is 2.06 bits per heavy atom. The predicted octanol–water partition coefficient (Wildman–Crippen LogP) is 3.89. The van der Waals surface area contributed by atoms with E-state index in [1.807, 2.05) is 0 Å². The number of aliphatic hydroxyl groups is 1. The van der Waals surface area contributed by atoms with E-state index < -0.39 is 5.91 Å².